The van der Waals surface area contributed by atoms with E-state index in [2.05, 4.69) is 6.92 Å². The van der Waals surface area contributed by atoms with E-state index in [-0.39, 0.29) is 11.6 Å². The van der Waals surface area contributed by atoms with Gasteiger partial charge in [-0.15, -0.1) is 0 Å². The summed E-state index contributed by atoms with van der Waals surface area (Å²) in [6.45, 7) is 2.70. The van der Waals surface area contributed by atoms with Gasteiger partial charge in [-0.2, -0.15) is 13.4 Å². The summed E-state index contributed by atoms with van der Waals surface area (Å²) >= 11 is 0. The van der Waals surface area contributed by atoms with Crippen LogP contribution < -0.4 is 4.57 Å². The number of halogens is 1. The zero-order chi connectivity index (χ0) is 13.8. The van der Waals surface area contributed by atoms with Gasteiger partial charge in [0, 0.05) is 6.07 Å². The third kappa shape index (κ3) is 2.59. The lowest BCUT2D eigenvalue weighted by Crippen LogP contribution is -2.33. The predicted molar refractivity (Wildman–Crippen MR) is 68.8 cm³/mol. The molecule has 0 bridgehead atoms. The fourth-order valence-electron chi connectivity index (χ4n) is 2.29. The van der Waals surface area contributed by atoms with Crippen molar-refractivity contribution in [2.75, 3.05) is 0 Å². The van der Waals surface area contributed by atoms with Crippen molar-refractivity contribution in [2.45, 2.75) is 39.2 Å². The molecule has 2 aromatic rings. The second-order valence-electron chi connectivity index (χ2n) is 4.59. The van der Waals surface area contributed by atoms with Crippen LogP contribution in [0.3, 0.4) is 0 Å². The smallest absolute Gasteiger partial charge is 0.379 e. The Labute approximate surface area is 111 Å². The van der Waals surface area contributed by atoms with Crippen molar-refractivity contribution < 1.29 is 18.9 Å². The third-order valence-electron chi connectivity index (χ3n) is 3.24. The first-order valence-electron chi connectivity index (χ1n) is 6.58. The Morgan fingerprint density at radius 2 is 2.16 bits per heavy atom. The number of nitrogens with zero attached hydrogens (tertiary/aromatic N) is 2. The zero-order valence-electron chi connectivity index (χ0n) is 11.0. The van der Waals surface area contributed by atoms with Crippen LogP contribution in [0.5, 0.6) is 5.88 Å². The number of hydrogen-bond donors (Lipinski definition) is 1. The van der Waals surface area contributed by atoms with E-state index >= 15 is 0 Å². The van der Waals surface area contributed by atoms with Crippen LogP contribution >= 0.6 is 0 Å². The number of hydrogen-bond acceptors (Lipinski definition) is 2. The summed E-state index contributed by atoms with van der Waals surface area (Å²) < 4.78 is 16.0. The summed E-state index contributed by atoms with van der Waals surface area (Å²) in [5.74, 6) is -0.296. The first kappa shape index (κ1) is 13.5. The molecule has 0 aliphatic rings. The van der Waals surface area contributed by atoms with Crippen molar-refractivity contribution in [3.63, 3.8) is 0 Å². The van der Waals surface area contributed by atoms with Gasteiger partial charge >= 0.3 is 11.9 Å². The van der Waals surface area contributed by atoms with Crippen LogP contribution in [0.4, 0.5) is 4.39 Å². The summed E-state index contributed by atoms with van der Waals surface area (Å²) in [5.41, 5.74) is 0.323. The quantitative estimate of drug-likeness (QED) is 0.496. The summed E-state index contributed by atoms with van der Waals surface area (Å²) in [6.07, 6.45) is 5.76. The van der Waals surface area contributed by atoms with Gasteiger partial charge in [-0.25, -0.2) is 0 Å². The minimum Gasteiger partial charge on any atom is -0.474 e. The van der Waals surface area contributed by atoms with Gasteiger partial charge in [0.2, 0.25) is 0 Å². The zero-order valence-corrected chi connectivity index (χ0v) is 11.0. The lowest BCUT2D eigenvalue weighted by Gasteiger charge is -1.98. The number of fused-ring (bicyclic) bond motifs is 1. The molecule has 1 N–H and O–H groups in total. The molecule has 2 aromatic heterocycles. The van der Waals surface area contributed by atoms with Gasteiger partial charge in [-0.05, 0) is 18.9 Å². The van der Waals surface area contributed by atoms with E-state index in [4.69, 9.17) is 0 Å². The molecule has 19 heavy (non-hydrogen) atoms. The summed E-state index contributed by atoms with van der Waals surface area (Å²) in [4.78, 5) is 11.0. The maximum Gasteiger partial charge on any atom is 0.379 e. The molecule has 0 amide bonds. The van der Waals surface area contributed by atoms with Crippen LogP contribution in [0.25, 0.3) is 5.65 Å². The molecule has 0 radical (unpaired) electrons. The van der Waals surface area contributed by atoms with Crippen LogP contribution in [0, 0.1) is 0 Å². The van der Waals surface area contributed by atoms with Gasteiger partial charge in [-0.1, -0.05) is 25.8 Å². The van der Waals surface area contributed by atoms with Gasteiger partial charge < -0.3 is 5.11 Å². The van der Waals surface area contributed by atoms with Crippen molar-refractivity contribution in [1.82, 2.24) is 4.40 Å². The molecule has 0 aliphatic heterocycles. The number of aryl methyl sites for hydroxylation is 1. The van der Waals surface area contributed by atoms with E-state index in [0.717, 1.165) is 25.7 Å². The molecule has 0 fully saturated rings. The van der Waals surface area contributed by atoms with E-state index < -0.39 is 6.04 Å². The van der Waals surface area contributed by atoms with E-state index in [1.165, 1.54) is 4.40 Å². The molecule has 0 unspecified atom stereocenters. The van der Waals surface area contributed by atoms with Crippen molar-refractivity contribution >= 4 is 11.7 Å². The van der Waals surface area contributed by atoms with Crippen LogP contribution in [-0.2, 0) is 6.54 Å². The maximum absolute atomic E-state index is 13.0. The molecular weight excluding hydrogens is 247 g/mol. The van der Waals surface area contributed by atoms with Crippen LogP contribution in [0.2, 0.25) is 0 Å². The minimum absolute atomic E-state index is 0.296. The van der Waals surface area contributed by atoms with Crippen molar-refractivity contribution in [3.8, 4) is 5.88 Å². The second kappa shape index (κ2) is 5.82. The van der Waals surface area contributed by atoms with Crippen LogP contribution in [0.15, 0.2) is 24.4 Å². The number of pyridine rings is 1. The Bertz CT molecular complexity index is 592. The molecular formula is C14H18FN2O2+. The first-order chi connectivity index (χ1) is 9.16. The van der Waals surface area contributed by atoms with E-state index in [1.54, 1.807) is 29.0 Å². The fourth-order valence-corrected chi connectivity index (χ4v) is 2.29. The molecule has 2 rings (SSSR count). The van der Waals surface area contributed by atoms with Crippen LogP contribution in [-0.4, -0.2) is 15.5 Å². The molecule has 0 aliphatic carbocycles. The Kier molecular flexibility index (Phi) is 4.14. The third-order valence-corrected chi connectivity index (χ3v) is 3.24. The maximum atomic E-state index is 13.0. The summed E-state index contributed by atoms with van der Waals surface area (Å²) in [6, 6.07) is 3.63. The number of rotatable bonds is 6. The molecule has 0 aromatic carbocycles. The highest BCUT2D eigenvalue weighted by Gasteiger charge is 2.30. The second-order valence-corrected chi connectivity index (χ2v) is 4.59. The normalized spacial score (nSPS) is 11.1. The van der Waals surface area contributed by atoms with Crippen molar-refractivity contribution in [2.24, 2.45) is 0 Å². The van der Waals surface area contributed by atoms with E-state index in [1.807, 2.05) is 0 Å². The number of unbranched alkanes of at least 4 members (excludes halogenated alkanes) is 3. The highest BCUT2D eigenvalue weighted by Crippen LogP contribution is 2.18. The van der Waals surface area contributed by atoms with Crippen molar-refractivity contribution in [1.29, 1.82) is 0 Å². The molecule has 0 atom stereocenters. The SMILES string of the molecule is CCCCCC[n+]1c(O)c(C(=O)F)n2ccccc21. The minimum atomic E-state index is -1.62. The average Bonchev–Trinajstić information content (AvgIpc) is 2.67. The Hall–Kier alpha value is -1.91. The monoisotopic (exact) mass is 265 g/mol. The number of aromatic nitrogens is 2. The average molecular weight is 265 g/mol. The Balaban J connectivity index is 2.37. The number of carbonyl (C=O) groups is 1. The van der Waals surface area contributed by atoms with Crippen molar-refractivity contribution in [3.05, 3.63) is 30.1 Å². The molecule has 102 valence electrons. The highest BCUT2D eigenvalue weighted by atomic mass is 19.1. The molecule has 2 heterocycles. The summed E-state index contributed by atoms with van der Waals surface area (Å²) in [5, 5.41) is 10.0. The lowest BCUT2D eigenvalue weighted by atomic mass is 10.2. The van der Waals surface area contributed by atoms with Gasteiger partial charge in [0.05, 0.1) is 12.7 Å². The van der Waals surface area contributed by atoms with Gasteiger partial charge in [-0.3, -0.25) is 4.79 Å². The van der Waals surface area contributed by atoms with Gasteiger partial charge in [0.1, 0.15) is 0 Å². The largest absolute Gasteiger partial charge is 0.474 e. The number of carbonyl (C=O) groups excluding carboxylic acids is 1. The highest BCUT2D eigenvalue weighted by molar-refractivity contribution is 5.89. The molecule has 0 spiro atoms. The summed E-state index contributed by atoms with van der Waals surface area (Å²) in [7, 11) is 0. The first-order valence-corrected chi connectivity index (χ1v) is 6.58. The molecule has 0 saturated heterocycles. The standard InChI is InChI=1S/C14H17FN2O2/c1-2-3-4-6-10-17-11-8-5-7-9-16(11)12(13(15)18)14(17)19/h5,7-9H,2-4,6,10H2,1H3/p+1. The van der Waals surface area contributed by atoms with E-state index in [0.29, 0.717) is 12.2 Å². The predicted octanol–water partition coefficient (Wildman–Crippen LogP) is 2.62. The van der Waals surface area contributed by atoms with Gasteiger partial charge in [0.15, 0.2) is 0 Å². The number of aromatic hydroxyl groups is 1. The topological polar surface area (TPSA) is 45.6 Å². The van der Waals surface area contributed by atoms with Crippen LogP contribution in [0.1, 0.15) is 43.1 Å². The fraction of sp³-hybridized carbons (Fsp3) is 0.429. The van der Waals surface area contributed by atoms with E-state index in [9.17, 15) is 14.3 Å². The Morgan fingerprint density at radius 3 is 2.84 bits per heavy atom. The van der Waals surface area contributed by atoms with Gasteiger partial charge in [0.25, 0.3) is 11.3 Å². The molecule has 0 saturated carbocycles. The molecule has 4 nitrogen and oxygen atoms in total. The molecule has 5 heteroatoms. The number of imidazole rings is 1. The Morgan fingerprint density at radius 1 is 1.37 bits per heavy atom. The lowest BCUT2D eigenvalue weighted by molar-refractivity contribution is -0.677.